The SMILES string of the molecule is CC(C)(C)OC(=O)NC1CCCN(c2cnc3ccccc3n2)C1. The number of anilines is 1. The molecule has 1 aliphatic heterocycles. The van der Waals surface area contributed by atoms with Gasteiger partial charge in [-0.3, -0.25) is 4.98 Å². The number of nitrogens with zero attached hydrogens (tertiary/aromatic N) is 3. The zero-order valence-electron chi connectivity index (χ0n) is 14.5. The molecule has 1 amide bonds. The van der Waals surface area contributed by atoms with E-state index in [0.717, 1.165) is 36.2 Å². The molecule has 6 nitrogen and oxygen atoms in total. The summed E-state index contributed by atoms with van der Waals surface area (Å²) in [6.45, 7) is 7.23. The third-order valence-electron chi connectivity index (χ3n) is 3.90. The summed E-state index contributed by atoms with van der Waals surface area (Å²) < 4.78 is 5.34. The van der Waals surface area contributed by atoms with Crippen LogP contribution in [0.3, 0.4) is 0 Å². The van der Waals surface area contributed by atoms with Crippen molar-refractivity contribution in [2.24, 2.45) is 0 Å². The predicted molar refractivity (Wildman–Crippen MR) is 94.1 cm³/mol. The molecule has 128 valence electrons. The van der Waals surface area contributed by atoms with Gasteiger partial charge in [0.05, 0.1) is 17.2 Å². The molecule has 0 radical (unpaired) electrons. The summed E-state index contributed by atoms with van der Waals surface area (Å²) in [5, 5.41) is 2.96. The number of alkyl carbamates (subject to hydrolysis) is 1. The average molecular weight is 328 g/mol. The number of ether oxygens (including phenoxy) is 1. The van der Waals surface area contributed by atoms with E-state index in [1.165, 1.54) is 0 Å². The van der Waals surface area contributed by atoms with Gasteiger partial charge in [0.25, 0.3) is 0 Å². The molecule has 1 aliphatic rings. The van der Waals surface area contributed by atoms with Crippen molar-refractivity contribution in [3.8, 4) is 0 Å². The fraction of sp³-hybridized carbons (Fsp3) is 0.500. The fourth-order valence-corrected chi connectivity index (χ4v) is 2.88. The first-order chi connectivity index (χ1) is 11.4. The second-order valence-electron chi connectivity index (χ2n) is 7.15. The Balaban J connectivity index is 1.67. The number of amides is 1. The monoisotopic (exact) mass is 328 g/mol. The number of carbonyl (C=O) groups excluding carboxylic acids is 1. The number of hydrogen-bond acceptors (Lipinski definition) is 5. The van der Waals surface area contributed by atoms with E-state index in [1.807, 2.05) is 45.0 Å². The smallest absolute Gasteiger partial charge is 0.407 e. The van der Waals surface area contributed by atoms with Gasteiger partial charge in [-0.05, 0) is 45.7 Å². The van der Waals surface area contributed by atoms with Crippen LogP contribution < -0.4 is 10.2 Å². The van der Waals surface area contributed by atoms with Crippen LogP contribution in [0.1, 0.15) is 33.6 Å². The molecule has 0 aliphatic carbocycles. The molecule has 3 rings (SSSR count). The number of hydrogen-bond donors (Lipinski definition) is 1. The molecule has 2 aromatic rings. The Morgan fingerprint density at radius 3 is 2.79 bits per heavy atom. The number of benzene rings is 1. The van der Waals surface area contributed by atoms with E-state index in [-0.39, 0.29) is 12.1 Å². The molecule has 1 N–H and O–H groups in total. The summed E-state index contributed by atoms with van der Waals surface area (Å²) in [6.07, 6.45) is 3.38. The molecule has 1 aromatic carbocycles. The first-order valence-electron chi connectivity index (χ1n) is 8.37. The molecule has 2 heterocycles. The van der Waals surface area contributed by atoms with E-state index in [4.69, 9.17) is 9.72 Å². The lowest BCUT2D eigenvalue weighted by Crippen LogP contribution is -2.49. The number of rotatable bonds is 2. The standard InChI is InChI=1S/C18H24N4O2/c1-18(2,3)24-17(23)20-13-7-6-10-22(12-13)16-11-19-14-8-4-5-9-15(14)21-16/h4-5,8-9,11,13H,6-7,10,12H2,1-3H3,(H,20,23). The van der Waals surface area contributed by atoms with Gasteiger partial charge in [0, 0.05) is 19.1 Å². The van der Waals surface area contributed by atoms with E-state index in [9.17, 15) is 4.79 Å². The third kappa shape index (κ3) is 4.13. The first kappa shape index (κ1) is 16.5. The number of fused-ring (bicyclic) bond motifs is 1. The molecular weight excluding hydrogens is 304 g/mol. The Morgan fingerprint density at radius 1 is 1.29 bits per heavy atom. The minimum absolute atomic E-state index is 0.0573. The summed E-state index contributed by atoms with van der Waals surface area (Å²) in [5.41, 5.74) is 1.29. The van der Waals surface area contributed by atoms with Crippen LogP contribution in [0.15, 0.2) is 30.5 Å². The Kier molecular flexibility index (Phi) is 4.55. The number of piperidine rings is 1. The van der Waals surface area contributed by atoms with Crippen LogP contribution in [0.2, 0.25) is 0 Å². The van der Waals surface area contributed by atoms with Gasteiger partial charge in [-0.2, -0.15) is 0 Å². The van der Waals surface area contributed by atoms with E-state index in [1.54, 1.807) is 6.20 Å². The molecule has 1 unspecified atom stereocenters. The van der Waals surface area contributed by atoms with E-state index < -0.39 is 5.60 Å². The van der Waals surface area contributed by atoms with Gasteiger partial charge in [-0.25, -0.2) is 9.78 Å². The molecule has 0 spiro atoms. The van der Waals surface area contributed by atoms with Crippen LogP contribution in [0.5, 0.6) is 0 Å². The minimum Gasteiger partial charge on any atom is -0.444 e. The normalized spacial score (nSPS) is 18.5. The highest BCUT2D eigenvalue weighted by Crippen LogP contribution is 2.20. The number of carbonyl (C=O) groups is 1. The number of aromatic nitrogens is 2. The molecule has 1 saturated heterocycles. The van der Waals surface area contributed by atoms with Crippen LogP contribution >= 0.6 is 0 Å². The third-order valence-corrected chi connectivity index (χ3v) is 3.90. The van der Waals surface area contributed by atoms with Crippen LogP contribution in [0, 0.1) is 0 Å². The molecule has 1 aromatic heterocycles. The quantitative estimate of drug-likeness (QED) is 0.917. The van der Waals surface area contributed by atoms with Gasteiger partial charge in [-0.1, -0.05) is 12.1 Å². The van der Waals surface area contributed by atoms with E-state index >= 15 is 0 Å². The van der Waals surface area contributed by atoms with Crippen molar-refractivity contribution in [1.82, 2.24) is 15.3 Å². The zero-order valence-corrected chi connectivity index (χ0v) is 14.5. The summed E-state index contributed by atoms with van der Waals surface area (Å²) in [4.78, 5) is 23.3. The van der Waals surface area contributed by atoms with Crippen molar-refractivity contribution in [1.29, 1.82) is 0 Å². The van der Waals surface area contributed by atoms with Gasteiger partial charge < -0.3 is 15.0 Å². The van der Waals surface area contributed by atoms with Crippen molar-refractivity contribution in [3.05, 3.63) is 30.5 Å². The Morgan fingerprint density at radius 2 is 2.04 bits per heavy atom. The van der Waals surface area contributed by atoms with Crippen molar-refractivity contribution in [2.45, 2.75) is 45.3 Å². The largest absolute Gasteiger partial charge is 0.444 e. The Labute approximate surface area is 142 Å². The van der Waals surface area contributed by atoms with Crippen molar-refractivity contribution in [2.75, 3.05) is 18.0 Å². The highest BCUT2D eigenvalue weighted by Gasteiger charge is 2.25. The van der Waals surface area contributed by atoms with Crippen molar-refractivity contribution in [3.63, 3.8) is 0 Å². The minimum atomic E-state index is -0.484. The van der Waals surface area contributed by atoms with Crippen LogP contribution in [0.25, 0.3) is 11.0 Å². The van der Waals surface area contributed by atoms with Gasteiger partial charge in [-0.15, -0.1) is 0 Å². The van der Waals surface area contributed by atoms with Gasteiger partial charge in [0.1, 0.15) is 11.4 Å². The fourth-order valence-electron chi connectivity index (χ4n) is 2.88. The second kappa shape index (κ2) is 6.63. The molecule has 0 saturated carbocycles. The van der Waals surface area contributed by atoms with E-state index in [2.05, 4.69) is 15.2 Å². The Hall–Kier alpha value is -2.37. The van der Waals surface area contributed by atoms with Crippen molar-refractivity contribution < 1.29 is 9.53 Å². The van der Waals surface area contributed by atoms with Crippen LogP contribution in [0.4, 0.5) is 10.6 Å². The first-order valence-corrected chi connectivity index (χ1v) is 8.37. The molecule has 1 atom stereocenters. The highest BCUT2D eigenvalue weighted by molar-refractivity contribution is 5.75. The topological polar surface area (TPSA) is 67.3 Å². The van der Waals surface area contributed by atoms with Crippen LogP contribution in [-0.4, -0.2) is 40.8 Å². The molecule has 1 fully saturated rings. The zero-order chi connectivity index (χ0) is 17.2. The summed E-state index contributed by atoms with van der Waals surface area (Å²) in [5.74, 6) is 0.851. The molecular formula is C18H24N4O2. The predicted octanol–water partition coefficient (Wildman–Crippen LogP) is 3.12. The number of nitrogens with one attached hydrogen (secondary N) is 1. The van der Waals surface area contributed by atoms with Crippen molar-refractivity contribution >= 4 is 22.9 Å². The molecule has 0 bridgehead atoms. The lowest BCUT2D eigenvalue weighted by molar-refractivity contribution is 0.0500. The van der Waals surface area contributed by atoms with Gasteiger partial charge in [0.15, 0.2) is 0 Å². The molecule has 6 heteroatoms. The Bertz CT molecular complexity index is 726. The highest BCUT2D eigenvalue weighted by atomic mass is 16.6. The molecule has 24 heavy (non-hydrogen) atoms. The van der Waals surface area contributed by atoms with Crippen LogP contribution in [-0.2, 0) is 4.74 Å². The average Bonchev–Trinajstić information content (AvgIpc) is 2.53. The van der Waals surface area contributed by atoms with Gasteiger partial charge in [0.2, 0.25) is 0 Å². The number of para-hydroxylation sites is 2. The maximum atomic E-state index is 12.0. The lowest BCUT2D eigenvalue weighted by Gasteiger charge is -2.34. The summed E-state index contributed by atoms with van der Waals surface area (Å²) in [7, 11) is 0. The lowest BCUT2D eigenvalue weighted by atomic mass is 10.1. The summed E-state index contributed by atoms with van der Waals surface area (Å²) >= 11 is 0. The van der Waals surface area contributed by atoms with E-state index in [0.29, 0.717) is 6.54 Å². The maximum Gasteiger partial charge on any atom is 0.407 e. The summed E-state index contributed by atoms with van der Waals surface area (Å²) in [6, 6.07) is 7.89. The maximum absolute atomic E-state index is 12.0. The second-order valence-corrected chi connectivity index (χ2v) is 7.15. The van der Waals surface area contributed by atoms with Gasteiger partial charge >= 0.3 is 6.09 Å².